The van der Waals surface area contributed by atoms with E-state index in [1.807, 2.05) is 24.3 Å². The summed E-state index contributed by atoms with van der Waals surface area (Å²) in [6, 6.07) is 12.2. The maximum atomic E-state index is 10.6. The van der Waals surface area contributed by atoms with Gasteiger partial charge >= 0.3 is 0 Å². The molecule has 2 aromatic carbocycles. The van der Waals surface area contributed by atoms with Crippen molar-refractivity contribution in [2.24, 2.45) is 0 Å². The number of nitrogens with two attached hydrogens (primary N) is 1. The lowest BCUT2D eigenvalue weighted by Crippen LogP contribution is -2.08. The molecular weight excluding hydrogens is 270 g/mol. The van der Waals surface area contributed by atoms with Gasteiger partial charge in [-0.2, -0.15) is 0 Å². The number of hydrogen-bond donors (Lipinski definition) is 2. The molecule has 0 radical (unpaired) electrons. The molecular formula is C15H17N3O3. The van der Waals surface area contributed by atoms with Crippen molar-refractivity contribution in [1.29, 1.82) is 0 Å². The van der Waals surface area contributed by atoms with Crippen LogP contribution in [0.15, 0.2) is 42.5 Å². The molecule has 0 atom stereocenters. The molecule has 0 aliphatic carbocycles. The molecule has 2 aromatic rings. The van der Waals surface area contributed by atoms with Gasteiger partial charge in [-0.1, -0.05) is 18.2 Å². The molecule has 6 nitrogen and oxygen atoms in total. The average Bonchev–Trinajstić information content (AvgIpc) is 2.49. The van der Waals surface area contributed by atoms with E-state index in [0.717, 1.165) is 17.7 Å². The number of ether oxygens (including phenoxy) is 1. The summed E-state index contributed by atoms with van der Waals surface area (Å²) in [7, 11) is 1.64. The largest absolute Gasteiger partial charge is 0.496 e. The molecule has 110 valence electrons. The molecule has 0 heterocycles. The first-order valence-electron chi connectivity index (χ1n) is 6.51. The molecule has 0 aromatic heterocycles. The Morgan fingerprint density at radius 1 is 1.29 bits per heavy atom. The fourth-order valence-electron chi connectivity index (χ4n) is 2.07. The number of nitrogens with one attached hydrogen (secondary N) is 1. The third-order valence-corrected chi connectivity index (χ3v) is 3.15. The Bertz CT molecular complexity index is 644. The second kappa shape index (κ2) is 6.60. The number of benzene rings is 2. The van der Waals surface area contributed by atoms with Crippen molar-refractivity contribution in [1.82, 2.24) is 0 Å². The summed E-state index contributed by atoms with van der Waals surface area (Å²) in [4.78, 5) is 10.2. The Morgan fingerprint density at radius 3 is 2.71 bits per heavy atom. The van der Waals surface area contributed by atoms with Gasteiger partial charge in [0.05, 0.1) is 23.4 Å². The van der Waals surface area contributed by atoms with Crippen molar-refractivity contribution in [3.63, 3.8) is 0 Å². The third kappa shape index (κ3) is 3.62. The number of anilines is 2. The fourth-order valence-corrected chi connectivity index (χ4v) is 2.07. The highest BCUT2D eigenvalue weighted by Crippen LogP contribution is 2.24. The van der Waals surface area contributed by atoms with Crippen LogP contribution in [0.1, 0.15) is 5.56 Å². The fraction of sp³-hybridized carbons (Fsp3) is 0.200. The molecule has 0 aliphatic rings. The van der Waals surface area contributed by atoms with E-state index in [-0.39, 0.29) is 5.69 Å². The Balaban J connectivity index is 1.99. The van der Waals surface area contributed by atoms with Crippen molar-refractivity contribution in [2.45, 2.75) is 6.42 Å². The van der Waals surface area contributed by atoms with E-state index >= 15 is 0 Å². The van der Waals surface area contributed by atoms with Crippen LogP contribution in [0.4, 0.5) is 17.1 Å². The highest BCUT2D eigenvalue weighted by atomic mass is 16.6. The van der Waals surface area contributed by atoms with Gasteiger partial charge in [-0.05, 0) is 24.1 Å². The van der Waals surface area contributed by atoms with Crippen LogP contribution in [0, 0.1) is 10.1 Å². The number of nitrogen functional groups attached to an aromatic ring is 1. The number of nitro groups is 1. The topological polar surface area (TPSA) is 90.4 Å². The first kappa shape index (κ1) is 14.6. The molecule has 0 saturated carbocycles. The highest BCUT2D eigenvalue weighted by molar-refractivity contribution is 5.69. The summed E-state index contributed by atoms with van der Waals surface area (Å²) in [5, 5.41) is 13.8. The van der Waals surface area contributed by atoms with Gasteiger partial charge in [0.1, 0.15) is 5.75 Å². The Labute approximate surface area is 122 Å². The van der Waals surface area contributed by atoms with Gasteiger partial charge in [-0.3, -0.25) is 10.1 Å². The maximum absolute atomic E-state index is 10.6. The van der Waals surface area contributed by atoms with Crippen molar-refractivity contribution in [3.8, 4) is 5.75 Å². The molecule has 0 amide bonds. The molecule has 0 fully saturated rings. The summed E-state index contributed by atoms with van der Waals surface area (Å²) in [5.74, 6) is 0.843. The zero-order valence-corrected chi connectivity index (χ0v) is 11.7. The van der Waals surface area contributed by atoms with Gasteiger partial charge in [-0.25, -0.2) is 0 Å². The van der Waals surface area contributed by atoms with E-state index < -0.39 is 4.92 Å². The third-order valence-electron chi connectivity index (χ3n) is 3.15. The van der Waals surface area contributed by atoms with E-state index in [4.69, 9.17) is 10.5 Å². The maximum Gasteiger partial charge on any atom is 0.271 e. The molecule has 0 saturated heterocycles. The molecule has 3 N–H and O–H groups in total. The lowest BCUT2D eigenvalue weighted by atomic mass is 10.1. The summed E-state index contributed by atoms with van der Waals surface area (Å²) in [6.07, 6.45) is 0.764. The van der Waals surface area contributed by atoms with Gasteiger partial charge < -0.3 is 15.8 Å². The molecule has 0 spiro atoms. The lowest BCUT2D eigenvalue weighted by Gasteiger charge is -2.11. The van der Waals surface area contributed by atoms with Crippen LogP contribution >= 0.6 is 0 Å². The van der Waals surface area contributed by atoms with E-state index in [0.29, 0.717) is 17.9 Å². The van der Waals surface area contributed by atoms with Gasteiger partial charge in [0.25, 0.3) is 5.69 Å². The molecule has 0 bridgehead atoms. The van der Waals surface area contributed by atoms with Gasteiger partial charge in [0.2, 0.25) is 0 Å². The van der Waals surface area contributed by atoms with Crippen LogP contribution in [-0.2, 0) is 6.42 Å². The van der Waals surface area contributed by atoms with Crippen LogP contribution in [-0.4, -0.2) is 18.6 Å². The van der Waals surface area contributed by atoms with Gasteiger partial charge in [-0.15, -0.1) is 0 Å². The number of methoxy groups -OCH3 is 1. The van der Waals surface area contributed by atoms with Crippen molar-refractivity contribution in [2.75, 3.05) is 24.7 Å². The standard InChI is InChI=1S/C15H17N3O3/c1-21-15-5-3-2-4-11(15)8-9-17-14-7-6-12(18(19)20)10-13(14)16/h2-7,10,17H,8-9,16H2,1H3. The predicted molar refractivity (Wildman–Crippen MR) is 82.7 cm³/mol. The summed E-state index contributed by atoms with van der Waals surface area (Å²) < 4.78 is 5.29. The first-order valence-corrected chi connectivity index (χ1v) is 6.51. The Hall–Kier alpha value is -2.76. The predicted octanol–water partition coefficient (Wildman–Crippen LogP) is 2.84. The number of nitrogens with zero attached hydrogens (tertiary/aromatic N) is 1. The normalized spacial score (nSPS) is 10.1. The van der Waals surface area contributed by atoms with E-state index in [9.17, 15) is 10.1 Å². The molecule has 6 heteroatoms. The zero-order chi connectivity index (χ0) is 15.2. The van der Waals surface area contributed by atoms with Crippen LogP contribution in [0.3, 0.4) is 0 Å². The first-order chi connectivity index (χ1) is 10.1. The van der Waals surface area contributed by atoms with Crippen LogP contribution in [0.25, 0.3) is 0 Å². The number of rotatable bonds is 6. The van der Waals surface area contributed by atoms with E-state index in [1.54, 1.807) is 13.2 Å². The van der Waals surface area contributed by atoms with Crippen molar-refractivity contribution in [3.05, 3.63) is 58.1 Å². The Kier molecular flexibility index (Phi) is 4.61. The van der Waals surface area contributed by atoms with Crippen molar-refractivity contribution < 1.29 is 9.66 Å². The average molecular weight is 287 g/mol. The number of hydrogen-bond acceptors (Lipinski definition) is 5. The van der Waals surface area contributed by atoms with Gasteiger partial charge in [0.15, 0.2) is 0 Å². The van der Waals surface area contributed by atoms with Crippen LogP contribution in [0.2, 0.25) is 0 Å². The van der Waals surface area contributed by atoms with Crippen LogP contribution in [0.5, 0.6) is 5.75 Å². The number of non-ortho nitro benzene ring substituents is 1. The second-order valence-electron chi connectivity index (χ2n) is 4.52. The molecule has 2 rings (SSSR count). The minimum absolute atomic E-state index is 0.0113. The summed E-state index contributed by atoms with van der Waals surface area (Å²) in [5.41, 5.74) is 7.94. The summed E-state index contributed by atoms with van der Waals surface area (Å²) in [6.45, 7) is 0.655. The van der Waals surface area contributed by atoms with Crippen molar-refractivity contribution >= 4 is 17.1 Å². The van der Waals surface area contributed by atoms with E-state index in [1.165, 1.54) is 12.1 Å². The highest BCUT2D eigenvalue weighted by Gasteiger charge is 2.08. The smallest absolute Gasteiger partial charge is 0.271 e. The number of nitro benzene ring substituents is 1. The molecule has 0 aliphatic heterocycles. The molecule has 0 unspecified atom stereocenters. The molecule has 21 heavy (non-hydrogen) atoms. The van der Waals surface area contributed by atoms with Crippen LogP contribution < -0.4 is 15.8 Å². The second-order valence-corrected chi connectivity index (χ2v) is 4.52. The summed E-state index contributed by atoms with van der Waals surface area (Å²) >= 11 is 0. The Morgan fingerprint density at radius 2 is 2.05 bits per heavy atom. The SMILES string of the molecule is COc1ccccc1CCNc1ccc([N+](=O)[O-])cc1N. The zero-order valence-electron chi connectivity index (χ0n) is 11.7. The minimum atomic E-state index is -0.463. The number of para-hydroxylation sites is 1. The lowest BCUT2D eigenvalue weighted by molar-refractivity contribution is -0.384. The quantitative estimate of drug-likeness (QED) is 0.484. The monoisotopic (exact) mass is 287 g/mol. The van der Waals surface area contributed by atoms with E-state index in [2.05, 4.69) is 5.32 Å². The minimum Gasteiger partial charge on any atom is -0.496 e. The van der Waals surface area contributed by atoms with Gasteiger partial charge in [0, 0.05) is 18.7 Å².